The van der Waals surface area contributed by atoms with E-state index in [1.165, 1.54) is 40.6 Å². The van der Waals surface area contributed by atoms with Crippen molar-refractivity contribution < 1.29 is 28.8 Å². The minimum atomic E-state index is -0.271. The van der Waals surface area contributed by atoms with Crippen LogP contribution in [0.5, 0.6) is 28.7 Å². The molecule has 26 heavy (non-hydrogen) atoms. The summed E-state index contributed by atoms with van der Waals surface area (Å²) in [6, 6.07) is 6.23. The Balaban J connectivity index is 2.35. The van der Waals surface area contributed by atoms with Gasteiger partial charge in [-0.1, -0.05) is 17.7 Å². The Kier molecular flexibility index (Phi) is 6.36. The Morgan fingerprint density at radius 2 is 1.50 bits per heavy atom. The Morgan fingerprint density at radius 3 is 2.00 bits per heavy atom. The number of phenols is 1. The second-order valence-electron chi connectivity index (χ2n) is 5.17. The highest BCUT2D eigenvalue weighted by Gasteiger charge is 2.16. The Bertz CT molecular complexity index is 819. The molecule has 2 aromatic rings. The van der Waals surface area contributed by atoms with Gasteiger partial charge in [0.05, 0.1) is 33.5 Å². The van der Waals surface area contributed by atoms with Crippen LogP contribution in [0.1, 0.15) is 15.9 Å². The van der Waals surface area contributed by atoms with E-state index in [2.05, 4.69) is 0 Å². The summed E-state index contributed by atoms with van der Waals surface area (Å²) in [7, 11) is 5.86. The van der Waals surface area contributed by atoms with Gasteiger partial charge in [-0.15, -0.1) is 0 Å². The van der Waals surface area contributed by atoms with Crippen molar-refractivity contribution in [3.05, 3.63) is 46.5 Å². The van der Waals surface area contributed by atoms with Gasteiger partial charge in [0.25, 0.3) is 0 Å². The first-order valence-corrected chi connectivity index (χ1v) is 7.91. The van der Waals surface area contributed by atoms with Gasteiger partial charge < -0.3 is 24.1 Å². The molecule has 7 heteroatoms. The fourth-order valence-corrected chi connectivity index (χ4v) is 2.56. The van der Waals surface area contributed by atoms with Crippen molar-refractivity contribution in [2.24, 2.45) is 0 Å². The molecule has 0 amide bonds. The first-order valence-electron chi connectivity index (χ1n) is 7.54. The van der Waals surface area contributed by atoms with Crippen molar-refractivity contribution in [1.82, 2.24) is 0 Å². The molecule has 0 heterocycles. The number of carbonyl (C=O) groups is 1. The van der Waals surface area contributed by atoms with Crippen molar-refractivity contribution in [2.45, 2.75) is 0 Å². The highest BCUT2D eigenvalue weighted by Crippen LogP contribution is 2.38. The molecule has 6 nitrogen and oxygen atoms in total. The topological polar surface area (TPSA) is 74.2 Å². The summed E-state index contributed by atoms with van der Waals surface area (Å²) < 4.78 is 20.8. The molecule has 0 spiro atoms. The predicted octanol–water partition coefficient (Wildman–Crippen LogP) is 3.98. The van der Waals surface area contributed by atoms with Crippen LogP contribution in [-0.4, -0.2) is 39.3 Å². The fourth-order valence-electron chi connectivity index (χ4n) is 2.34. The van der Waals surface area contributed by atoms with E-state index in [4.69, 9.17) is 30.5 Å². The van der Waals surface area contributed by atoms with Crippen molar-refractivity contribution in [1.29, 1.82) is 0 Å². The quantitative estimate of drug-likeness (QED) is 0.580. The number of hydrogen-bond donors (Lipinski definition) is 1. The van der Waals surface area contributed by atoms with Crippen LogP contribution in [0.25, 0.3) is 6.08 Å². The smallest absolute Gasteiger partial charge is 0.203 e. The van der Waals surface area contributed by atoms with E-state index in [0.717, 1.165) is 0 Å². The van der Waals surface area contributed by atoms with Crippen LogP contribution in [0.15, 0.2) is 30.3 Å². The van der Waals surface area contributed by atoms with Crippen LogP contribution in [0, 0.1) is 0 Å². The largest absolute Gasteiger partial charge is 0.503 e. The third-order valence-electron chi connectivity index (χ3n) is 3.65. The molecular formula is C19H19ClO6. The number of halogens is 1. The summed E-state index contributed by atoms with van der Waals surface area (Å²) in [6.45, 7) is 0. The zero-order chi connectivity index (χ0) is 19.3. The van der Waals surface area contributed by atoms with E-state index in [0.29, 0.717) is 28.4 Å². The number of methoxy groups -OCH3 is 4. The van der Waals surface area contributed by atoms with Gasteiger partial charge >= 0.3 is 0 Å². The number of ketones is 1. The van der Waals surface area contributed by atoms with Gasteiger partial charge in [0, 0.05) is 5.56 Å². The first-order chi connectivity index (χ1) is 12.4. The van der Waals surface area contributed by atoms with Gasteiger partial charge in [-0.3, -0.25) is 4.79 Å². The summed E-state index contributed by atoms with van der Waals surface area (Å²) >= 11 is 5.95. The lowest BCUT2D eigenvalue weighted by Gasteiger charge is -2.13. The van der Waals surface area contributed by atoms with E-state index in [1.807, 2.05) is 0 Å². The molecule has 0 aromatic heterocycles. The van der Waals surface area contributed by atoms with Gasteiger partial charge in [0.1, 0.15) is 0 Å². The highest BCUT2D eigenvalue weighted by atomic mass is 35.5. The maximum atomic E-state index is 12.5. The molecule has 0 unspecified atom stereocenters. The summed E-state index contributed by atoms with van der Waals surface area (Å²) in [5.74, 6) is 0.980. The van der Waals surface area contributed by atoms with E-state index in [9.17, 15) is 9.90 Å². The van der Waals surface area contributed by atoms with E-state index < -0.39 is 0 Å². The lowest BCUT2D eigenvalue weighted by atomic mass is 10.1. The molecule has 0 aliphatic carbocycles. The van der Waals surface area contributed by atoms with Crippen molar-refractivity contribution in [2.75, 3.05) is 28.4 Å². The molecule has 2 rings (SSSR count). The molecule has 0 radical (unpaired) electrons. The third kappa shape index (κ3) is 4.03. The molecule has 138 valence electrons. The van der Waals surface area contributed by atoms with Crippen LogP contribution in [-0.2, 0) is 0 Å². The monoisotopic (exact) mass is 378 g/mol. The van der Waals surface area contributed by atoms with E-state index in [1.54, 1.807) is 24.3 Å². The third-order valence-corrected chi connectivity index (χ3v) is 3.94. The number of allylic oxidation sites excluding steroid dienone is 1. The van der Waals surface area contributed by atoms with Crippen LogP contribution in [0.4, 0.5) is 0 Å². The van der Waals surface area contributed by atoms with E-state index in [-0.39, 0.29) is 22.3 Å². The second kappa shape index (κ2) is 8.49. The fraction of sp³-hybridized carbons (Fsp3) is 0.211. The van der Waals surface area contributed by atoms with Gasteiger partial charge in [-0.05, 0) is 35.9 Å². The minimum absolute atomic E-state index is 0.129. The molecule has 0 aliphatic heterocycles. The molecule has 0 saturated carbocycles. The number of hydrogen-bond acceptors (Lipinski definition) is 6. The molecule has 0 aliphatic rings. The van der Waals surface area contributed by atoms with Gasteiger partial charge in [0.15, 0.2) is 28.8 Å². The van der Waals surface area contributed by atoms with Crippen molar-refractivity contribution in [3.8, 4) is 28.7 Å². The normalized spacial score (nSPS) is 10.7. The maximum absolute atomic E-state index is 12.5. The number of ether oxygens (including phenoxy) is 4. The molecule has 0 saturated heterocycles. The molecule has 0 fully saturated rings. The minimum Gasteiger partial charge on any atom is -0.503 e. The summed E-state index contributed by atoms with van der Waals surface area (Å²) in [6.07, 6.45) is 2.95. The maximum Gasteiger partial charge on any atom is 0.203 e. The predicted molar refractivity (Wildman–Crippen MR) is 99.1 cm³/mol. The number of phenolic OH excluding ortho intramolecular Hbond substituents is 1. The molecule has 1 N–H and O–H groups in total. The zero-order valence-electron chi connectivity index (χ0n) is 14.8. The zero-order valence-corrected chi connectivity index (χ0v) is 15.6. The average Bonchev–Trinajstić information content (AvgIpc) is 2.66. The van der Waals surface area contributed by atoms with Crippen LogP contribution in [0.2, 0.25) is 5.02 Å². The summed E-state index contributed by atoms with van der Waals surface area (Å²) in [4.78, 5) is 12.5. The highest BCUT2D eigenvalue weighted by molar-refractivity contribution is 6.32. The Labute approximate surface area is 156 Å². The van der Waals surface area contributed by atoms with Gasteiger partial charge in [-0.25, -0.2) is 0 Å². The molecule has 0 atom stereocenters. The molecular weight excluding hydrogens is 360 g/mol. The lowest BCUT2D eigenvalue weighted by Crippen LogP contribution is -2.00. The van der Waals surface area contributed by atoms with Crippen LogP contribution >= 0.6 is 11.6 Å². The molecule has 0 bridgehead atoms. The lowest BCUT2D eigenvalue weighted by molar-refractivity contribution is 0.104. The Hall–Kier alpha value is -2.86. The summed E-state index contributed by atoms with van der Waals surface area (Å²) in [5.41, 5.74) is 0.970. The first kappa shape index (κ1) is 19.5. The van der Waals surface area contributed by atoms with Gasteiger partial charge in [-0.2, -0.15) is 0 Å². The van der Waals surface area contributed by atoms with Crippen LogP contribution < -0.4 is 18.9 Å². The van der Waals surface area contributed by atoms with E-state index >= 15 is 0 Å². The van der Waals surface area contributed by atoms with Gasteiger partial charge in [0.2, 0.25) is 5.75 Å². The average molecular weight is 379 g/mol. The van der Waals surface area contributed by atoms with Crippen LogP contribution in [0.3, 0.4) is 0 Å². The number of rotatable bonds is 7. The van der Waals surface area contributed by atoms with Crippen molar-refractivity contribution >= 4 is 23.5 Å². The second-order valence-corrected chi connectivity index (χ2v) is 5.57. The Morgan fingerprint density at radius 1 is 0.923 bits per heavy atom. The number of benzene rings is 2. The summed E-state index contributed by atoms with van der Waals surface area (Å²) in [5, 5.41) is 9.88. The SMILES string of the molecule is COc1cc(/C=C/C(=O)c2cc(OC)c(OC)c(OC)c2)cc(Cl)c1O. The molecule has 2 aromatic carbocycles. The number of aromatic hydroxyl groups is 1. The standard InChI is InChI=1S/C19H19ClO6/c1-23-15-8-11(7-13(20)18(15)22)5-6-14(21)12-9-16(24-2)19(26-4)17(10-12)25-3/h5-10,22H,1-4H3/b6-5+. The van der Waals surface area contributed by atoms with Crippen molar-refractivity contribution in [3.63, 3.8) is 0 Å². The number of carbonyl (C=O) groups excluding carboxylic acids is 1.